The molecule has 0 radical (unpaired) electrons. The zero-order chi connectivity index (χ0) is 16.2. The second-order valence-electron chi connectivity index (χ2n) is 5.74. The number of carbonyl (C=O) groups is 1. The smallest absolute Gasteiger partial charge is 0.317 e. The van der Waals surface area contributed by atoms with Gasteiger partial charge in [-0.05, 0) is 30.7 Å². The fourth-order valence-corrected chi connectivity index (χ4v) is 2.96. The largest absolute Gasteiger partial charge is 0.338 e. The van der Waals surface area contributed by atoms with Crippen molar-refractivity contribution in [1.29, 1.82) is 0 Å². The van der Waals surface area contributed by atoms with Gasteiger partial charge >= 0.3 is 6.03 Å². The van der Waals surface area contributed by atoms with Crippen LogP contribution in [0.5, 0.6) is 0 Å². The minimum atomic E-state index is -0.235. The lowest BCUT2D eigenvalue weighted by Crippen LogP contribution is -2.51. The standard InChI is InChI=1S/C17H21FN4O/c1-2-19-17(23)22-8-6-21(7-9-22)12-14-11-15(18)10-13-4-3-5-20-16(13)14/h3-5,10-11H,2,6-9,12H2,1H3,(H,19,23). The Morgan fingerprint density at radius 3 is 2.83 bits per heavy atom. The van der Waals surface area contributed by atoms with E-state index in [4.69, 9.17) is 0 Å². The number of hydrogen-bond acceptors (Lipinski definition) is 3. The van der Waals surface area contributed by atoms with Crippen molar-refractivity contribution < 1.29 is 9.18 Å². The number of pyridine rings is 1. The number of carbonyl (C=O) groups excluding carboxylic acids is 1. The number of nitrogens with one attached hydrogen (secondary N) is 1. The molecule has 3 rings (SSSR count). The van der Waals surface area contributed by atoms with Crippen LogP contribution in [0.3, 0.4) is 0 Å². The molecule has 0 spiro atoms. The number of aromatic nitrogens is 1. The molecule has 2 aromatic rings. The van der Waals surface area contributed by atoms with Gasteiger partial charge in [-0.25, -0.2) is 9.18 Å². The molecule has 1 aliphatic rings. The first-order valence-electron chi connectivity index (χ1n) is 7.95. The van der Waals surface area contributed by atoms with E-state index in [9.17, 15) is 9.18 Å². The topological polar surface area (TPSA) is 48.5 Å². The van der Waals surface area contributed by atoms with Gasteiger partial charge < -0.3 is 10.2 Å². The SMILES string of the molecule is CCNC(=O)N1CCN(Cc2cc(F)cc3cccnc23)CC1. The van der Waals surface area contributed by atoms with Crippen LogP contribution in [0.1, 0.15) is 12.5 Å². The Morgan fingerprint density at radius 1 is 1.30 bits per heavy atom. The number of urea groups is 1. The number of rotatable bonds is 3. The fraction of sp³-hybridized carbons (Fsp3) is 0.412. The van der Waals surface area contributed by atoms with E-state index in [-0.39, 0.29) is 11.8 Å². The van der Waals surface area contributed by atoms with E-state index in [1.54, 1.807) is 12.3 Å². The van der Waals surface area contributed by atoms with Gasteiger partial charge in [-0.3, -0.25) is 9.88 Å². The van der Waals surface area contributed by atoms with Crippen LogP contribution in [0, 0.1) is 5.82 Å². The number of piperazine rings is 1. The van der Waals surface area contributed by atoms with Crippen molar-refractivity contribution in [3.05, 3.63) is 41.8 Å². The molecule has 1 aliphatic heterocycles. The average Bonchev–Trinajstić information content (AvgIpc) is 2.55. The van der Waals surface area contributed by atoms with Crippen molar-refractivity contribution >= 4 is 16.9 Å². The summed E-state index contributed by atoms with van der Waals surface area (Å²) in [7, 11) is 0. The van der Waals surface area contributed by atoms with Crippen LogP contribution in [-0.4, -0.2) is 53.5 Å². The number of benzene rings is 1. The molecule has 0 unspecified atom stereocenters. The monoisotopic (exact) mass is 316 g/mol. The zero-order valence-corrected chi connectivity index (χ0v) is 13.3. The molecule has 2 amide bonds. The minimum Gasteiger partial charge on any atom is -0.338 e. The summed E-state index contributed by atoms with van der Waals surface area (Å²) in [4.78, 5) is 20.3. The molecule has 122 valence electrons. The highest BCUT2D eigenvalue weighted by molar-refractivity contribution is 5.81. The summed E-state index contributed by atoms with van der Waals surface area (Å²) >= 11 is 0. The van der Waals surface area contributed by atoms with Crippen molar-refractivity contribution in [2.24, 2.45) is 0 Å². The second kappa shape index (κ2) is 6.91. The predicted molar refractivity (Wildman–Crippen MR) is 87.6 cm³/mol. The zero-order valence-electron chi connectivity index (χ0n) is 13.3. The average molecular weight is 316 g/mol. The van der Waals surface area contributed by atoms with E-state index >= 15 is 0 Å². The van der Waals surface area contributed by atoms with Crippen molar-refractivity contribution in [3.8, 4) is 0 Å². The number of amides is 2. The lowest BCUT2D eigenvalue weighted by Gasteiger charge is -2.34. The van der Waals surface area contributed by atoms with E-state index in [0.29, 0.717) is 26.2 Å². The normalized spacial score (nSPS) is 15.8. The van der Waals surface area contributed by atoms with Gasteiger partial charge in [0.25, 0.3) is 0 Å². The van der Waals surface area contributed by atoms with Gasteiger partial charge in [0.15, 0.2) is 0 Å². The first-order chi connectivity index (χ1) is 11.2. The lowest BCUT2D eigenvalue weighted by molar-refractivity contribution is 0.136. The third-order valence-electron chi connectivity index (χ3n) is 4.13. The van der Waals surface area contributed by atoms with Crippen molar-refractivity contribution in [2.45, 2.75) is 13.5 Å². The molecular weight excluding hydrogens is 295 g/mol. The maximum Gasteiger partial charge on any atom is 0.317 e. The maximum absolute atomic E-state index is 13.8. The fourth-order valence-electron chi connectivity index (χ4n) is 2.96. The Bertz CT molecular complexity index is 698. The molecule has 6 heteroatoms. The second-order valence-corrected chi connectivity index (χ2v) is 5.74. The molecule has 5 nitrogen and oxygen atoms in total. The summed E-state index contributed by atoms with van der Waals surface area (Å²) in [5.74, 6) is -0.235. The minimum absolute atomic E-state index is 0.00924. The molecule has 1 N–H and O–H groups in total. The lowest BCUT2D eigenvalue weighted by atomic mass is 10.1. The van der Waals surface area contributed by atoms with Crippen molar-refractivity contribution in [3.63, 3.8) is 0 Å². The van der Waals surface area contributed by atoms with Gasteiger partial charge in [0.2, 0.25) is 0 Å². The van der Waals surface area contributed by atoms with Crippen LogP contribution >= 0.6 is 0 Å². The summed E-state index contributed by atoms with van der Waals surface area (Å²) in [6, 6.07) is 6.76. The van der Waals surface area contributed by atoms with Gasteiger partial charge in [-0.1, -0.05) is 6.07 Å². The highest BCUT2D eigenvalue weighted by Crippen LogP contribution is 2.20. The Hall–Kier alpha value is -2.21. The molecule has 1 aromatic heterocycles. The first kappa shape index (κ1) is 15.7. The molecule has 23 heavy (non-hydrogen) atoms. The molecule has 2 heterocycles. The highest BCUT2D eigenvalue weighted by Gasteiger charge is 2.21. The number of hydrogen-bond donors (Lipinski definition) is 1. The summed E-state index contributed by atoms with van der Waals surface area (Å²) < 4.78 is 13.8. The third kappa shape index (κ3) is 3.59. The highest BCUT2D eigenvalue weighted by atomic mass is 19.1. The van der Waals surface area contributed by atoms with Crippen LogP contribution in [0.25, 0.3) is 10.9 Å². The summed E-state index contributed by atoms with van der Waals surface area (Å²) in [6.45, 7) is 6.13. The molecule has 0 atom stereocenters. The van der Waals surface area contributed by atoms with Crippen molar-refractivity contribution in [1.82, 2.24) is 20.1 Å². The molecule has 0 aliphatic carbocycles. The van der Waals surface area contributed by atoms with E-state index in [2.05, 4.69) is 15.2 Å². The Balaban J connectivity index is 1.68. The van der Waals surface area contributed by atoms with Crippen LogP contribution in [0.2, 0.25) is 0 Å². The van der Waals surface area contributed by atoms with Gasteiger partial charge in [-0.2, -0.15) is 0 Å². The van der Waals surface area contributed by atoms with Gasteiger partial charge in [0.05, 0.1) is 5.52 Å². The molecule has 1 fully saturated rings. The van der Waals surface area contributed by atoms with E-state index in [1.807, 2.05) is 24.0 Å². The van der Waals surface area contributed by atoms with Gasteiger partial charge in [0, 0.05) is 50.9 Å². The molecule has 0 saturated carbocycles. The summed E-state index contributed by atoms with van der Waals surface area (Å²) in [5.41, 5.74) is 1.74. The van der Waals surface area contributed by atoms with E-state index < -0.39 is 0 Å². The Morgan fingerprint density at radius 2 is 2.09 bits per heavy atom. The quantitative estimate of drug-likeness (QED) is 0.944. The maximum atomic E-state index is 13.8. The molecule has 1 aromatic carbocycles. The van der Waals surface area contributed by atoms with Gasteiger partial charge in [0.1, 0.15) is 5.82 Å². The Kier molecular flexibility index (Phi) is 4.71. The molecular formula is C17H21FN4O. The summed E-state index contributed by atoms with van der Waals surface area (Å²) in [5, 5.41) is 3.64. The van der Waals surface area contributed by atoms with Crippen LogP contribution < -0.4 is 5.32 Å². The van der Waals surface area contributed by atoms with E-state index in [0.717, 1.165) is 29.6 Å². The number of halogens is 1. The Labute approximate surface area is 135 Å². The van der Waals surface area contributed by atoms with E-state index in [1.165, 1.54) is 6.07 Å². The van der Waals surface area contributed by atoms with Crippen molar-refractivity contribution in [2.75, 3.05) is 32.7 Å². The number of nitrogens with zero attached hydrogens (tertiary/aromatic N) is 3. The third-order valence-corrected chi connectivity index (χ3v) is 4.13. The molecule has 0 bridgehead atoms. The predicted octanol–water partition coefficient (Wildman–Crippen LogP) is 2.22. The first-order valence-corrected chi connectivity index (χ1v) is 7.95. The van der Waals surface area contributed by atoms with Gasteiger partial charge in [-0.15, -0.1) is 0 Å². The van der Waals surface area contributed by atoms with Crippen LogP contribution in [0.15, 0.2) is 30.5 Å². The van der Waals surface area contributed by atoms with Crippen LogP contribution in [0.4, 0.5) is 9.18 Å². The summed E-state index contributed by atoms with van der Waals surface area (Å²) in [6.07, 6.45) is 1.73. The van der Waals surface area contributed by atoms with Crippen LogP contribution in [-0.2, 0) is 6.54 Å². The molecule has 1 saturated heterocycles. The number of fused-ring (bicyclic) bond motifs is 1.